The van der Waals surface area contributed by atoms with E-state index in [0.29, 0.717) is 11.5 Å². The van der Waals surface area contributed by atoms with Crippen molar-refractivity contribution in [1.29, 1.82) is 0 Å². The Labute approximate surface area is 96.3 Å². The summed E-state index contributed by atoms with van der Waals surface area (Å²) in [6, 6.07) is 3.75. The van der Waals surface area contributed by atoms with E-state index < -0.39 is 5.95 Å². The van der Waals surface area contributed by atoms with Gasteiger partial charge in [0.15, 0.2) is 0 Å². The third-order valence-corrected chi connectivity index (χ3v) is 3.30. The number of aromatic nitrogens is 1. The van der Waals surface area contributed by atoms with Crippen LogP contribution in [0, 0.1) is 11.4 Å². The molecule has 1 unspecified atom stereocenters. The Morgan fingerprint density at radius 1 is 1.50 bits per heavy atom. The molecular formula is C13H19FN2. The van der Waals surface area contributed by atoms with E-state index in [9.17, 15) is 4.39 Å². The van der Waals surface area contributed by atoms with E-state index in [1.54, 1.807) is 0 Å². The van der Waals surface area contributed by atoms with Gasteiger partial charge >= 0.3 is 0 Å². The summed E-state index contributed by atoms with van der Waals surface area (Å²) in [6.45, 7) is 4.60. The maximum Gasteiger partial charge on any atom is 0.214 e. The first-order chi connectivity index (χ1) is 7.55. The average molecular weight is 222 g/mol. The van der Waals surface area contributed by atoms with Crippen LogP contribution in [0.25, 0.3) is 0 Å². The normalized spacial score (nSPS) is 24.1. The predicted octanol–water partition coefficient (Wildman–Crippen LogP) is 3.60. The van der Waals surface area contributed by atoms with Crippen molar-refractivity contribution in [3.05, 3.63) is 24.3 Å². The molecule has 0 amide bonds. The van der Waals surface area contributed by atoms with Crippen LogP contribution in [0.4, 0.5) is 10.1 Å². The van der Waals surface area contributed by atoms with Crippen LogP contribution in [0.15, 0.2) is 18.3 Å². The Morgan fingerprint density at radius 3 is 3.00 bits per heavy atom. The summed E-state index contributed by atoms with van der Waals surface area (Å²) in [6.07, 6.45) is 6.37. The zero-order chi connectivity index (χ0) is 11.6. The monoisotopic (exact) mass is 222 g/mol. The second-order valence-corrected chi connectivity index (χ2v) is 5.47. The molecule has 88 valence electrons. The van der Waals surface area contributed by atoms with Crippen LogP contribution in [-0.2, 0) is 0 Å². The summed E-state index contributed by atoms with van der Waals surface area (Å²) in [5.74, 6) is -0.417. The standard InChI is InChI=1S/C13H19FN2/c1-13(2)6-3-4-11(9-13)16-10-5-7-15-12(14)8-10/h5,7-8,11H,3-4,6,9H2,1-2H3,(H,15,16). The summed E-state index contributed by atoms with van der Waals surface area (Å²) in [5, 5.41) is 3.40. The number of hydrogen-bond donors (Lipinski definition) is 1. The number of hydrogen-bond acceptors (Lipinski definition) is 2. The fraction of sp³-hybridized carbons (Fsp3) is 0.615. The van der Waals surface area contributed by atoms with Gasteiger partial charge in [-0.05, 0) is 30.7 Å². The van der Waals surface area contributed by atoms with Gasteiger partial charge in [0.2, 0.25) is 5.95 Å². The number of anilines is 1. The third kappa shape index (κ3) is 2.94. The van der Waals surface area contributed by atoms with Crippen LogP contribution in [0.5, 0.6) is 0 Å². The molecule has 0 spiro atoms. The van der Waals surface area contributed by atoms with Gasteiger partial charge in [0.05, 0.1) is 0 Å². The molecule has 1 aliphatic rings. The van der Waals surface area contributed by atoms with E-state index >= 15 is 0 Å². The van der Waals surface area contributed by atoms with Gasteiger partial charge < -0.3 is 5.32 Å². The molecule has 1 saturated carbocycles. The fourth-order valence-corrected chi connectivity index (χ4v) is 2.55. The summed E-state index contributed by atoms with van der Waals surface area (Å²) in [4.78, 5) is 3.55. The molecule has 0 bridgehead atoms. The Kier molecular flexibility index (Phi) is 3.13. The molecule has 16 heavy (non-hydrogen) atoms. The van der Waals surface area contributed by atoms with Crippen LogP contribution in [0.1, 0.15) is 39.5 Å². The number of nitrogens with one attached hydrogen (secondary N) is 1. The van der Waals surface area contributed by atoms with Crippen LogP contribution < -0.4 is 5.32 Å². The molecule has 1 N–H and O–H groups in total. The lowest BCUT2D eigenvalue weighted by Gasteiger charge is -2.36. The molecule has 1 aromatic heterocycles. The predicted molar refractivity (Wildman–Crippen MR) is 63.9 cm³/mol. The van der Waals surface area contributed by atoms with Crippen molar-refractivity contribution >= 4 is 5.69 Å². The SMILES string of the molecule is CC1(C)CCCC(Nc2ccnc(F)c2)C1. The van der Waals surface area contributed by atoms with Gasteiger partial charge in [0, 0.05) is 24.0 Å². The molecular weight excluding hydrogens is 203 g/mol. The van der Waals surface area contributed by atoms with E-state index in [1.165, 1.54) is 31.5 Å². The second kappa shape index (κ2) is 4.40. The van der Waals surface area contributed by atoms with Crippen molar-refractivity contribution in [2.75, 3.05) is 5.32 Å². The maximum absolute atomic E-state index is 12.9. The lowest BCUT2D eigenvalue weighted by atomic mass is 9.75. The third-order valence-electron chi connectivity index (χ3n) is 3.30. The van der Waals surface area contributed by atoms with E-state index in [0.717, 1.165) is 12.1 Å². The lowest BCUT2D eigenvalue weighted by molar-refractivity contribution is 0.229. The maximum atomic E-state index is 12.9. The van der Waals surface area contributed by atoms with Gasteiger partial charge in [0.1, 0.15) is 0 Å². The largest absolute Gasteiger partial charge is 0.382 e. The minimum atomic E-state index is -0.417. The molecule has 2 nitrogen and oxygen atoms in total. The molecule has 1 fully saturated rings. The van der Waals surface area contributed by atoms with E-state index in [1.807, 2.05) is 6.07 Å². The van der Waals surface area contributed by atoms with E-state index in [2.05, 4.69) is 24.1 Å². The van der Waals surface area contributed by atoms with Gasteiger partial charge in [-0.1, -0.05) is 20.3 Å². The quantitative estimate of drug-likeness (QED) is 0.773. The van der Waals surface area contributed by atoms with Crippen LogP contribution in [-0.4, -0.2) is 11.0 Å². The first-order valence-corrected chi connectivity index (χ1v) is 5.93. The Morgan fingerprint density at radius 2 is 2.31 bits per heavy atom. The van der Waals surface area contributed by atoms with Crippen molar-refractivity contribution in [1.82, 2.24) is 4.98 Å². The molecule has 0 saturated heterocycles. The van der Waals surface area contributed by atoms with Gasteiger partial charge in [-0.25, -0.2) is 4.98 Å². The zero-order valence-corrected chi connectivity index (χ0v) is 9.96. The highest BCUT2D eigenvalue weighted by Gasteiger charge is 2.27. The summed E-state index contributed by atoms with van der Waals surface area (Å²) >= 11 is 0. The van der Waals surface area contributed by atoms with Crippen molar-refractivity contribution in [2.45, 2.75) is 45.6 Å². The highest BCUT2D eigenvalue weighted by Crippen LogP contribution is 2.36. The Bertz CT molecular complexity index is 363. The van der Waals surface area contributed by atoms with Crippen LogP contribution in [0.3, 0.4) is 0 Å². The van der Waals surface area contributed by atoms with Gasteiger partial charge in [-0.3, -0.25) is 0 Å². The van der Waals surface area contributed by atoms with Crippen molar-refractivity contribution < 1.29 is 4.39 Å². The first-order valence-electron chi connectivity index (χ1n) is 5.93. The molecule has 0 aromatic carbocycles. The molecule has 3 heteroatoms. The molecule has 1 aliphatic carbocycles. The molecule has 0 aliphatic heterocycles. The van der Waals surface area contributed by atoms with E-state index in [-0.39, 0.29) is 0 Å². The summed E-state index contributed by atoms with van der Waals surface area (Å²) in [7, 11) is 0. The second-order valence-electron chi connectivity index (χ2n) is 5.47. The minimum Gasteiger partial charge on any atom is -0.382 e. The van der Waals surface area contributed by atoms with E-state index in [4.69, 9.17) is 0 Å². The number of halogens is 1. The molecule has 0 radical (unpaired) electrons. The van der Waals surface area contributed by atoms with Crippen molar-refractivity contribution in [2.24, 2.45) is 5.41 Å². The first kappa shape index (κ1) is 11.4. The Balaban J connectivity index is 1.99. The molecule has 2 rings (SSSR count). The molecule has 1 atom stereocenters. The van der Waals surface area contributed by atoms with Crippen LogP contribution >= 0.6 is 0 Å². The highest BCUT2D eigenvalue weighted by atomic mass is 19.1. The fourth-order valence-electron chi connectivity index (χ4n) is 2.55. The molecule has 1 heterocycles. The number of pyridine rings is 1. The van der Waals surface area contributed by atoms with Gasteiger partial charge in [0.25, 0.3) is 0 Å². The smallest absolute Gasteiger partial charge is 0.214 e. The van der Waals surface area contributed by atoms with Gasteiger partial charge in [-0.2, -0.15) is 4.39 Å². The topological polar surface area (TPSA) is 24.9 Å². The highest BCUT2D eigenvalue weighted by molar-refractivity contribution is 5.42. The molecule has 1 aromatic rings. The lowest BCUT2D eigenvalue weighted by Crippen LogP contribution is -2.31. The van der Waals surface area contributed by atoms with Gasteiger partial charge in [-0.15, -0.1) is 0 Å². The number of rotatable bonds is 2. The zero-order valence-electron chi connectivity index (χ0n) is 9.96. The Hall–Kier alpha value is -1.12. The average Bonchev–Trinajstić information content (AvgIpc) is 2.15. The summed E-state index contributed by atoms with van der Waals surface area (Å²) < 4.78 is 12.9. The number of nitrogens with zero attached hydrogens (tertiary/aromatic N) is 1. The minimum absolute atomic E-state index is 0.404. The van der Waals surface area contributed by atoms with Crippen molar-refractivity contribution in [3.8, 4) is 0 Å². The van der Waals surface area contributed by atoms with Crippen LogP contribution in [0.2, 0.25) is 0 Å². The summed E-state index contributed by atoms with van der Waals surface area (Å²) in [5.41, 5.74) is 1.25. The van der Waals surface area contributed by atoms with Crippen molar-refractivity contribution in [3.63, 3.8) is 0 Å².